The molecule has 0 saturated heterocycles. The van der Waals surface area contributed by atoms with Gasteiger partial charge < -0.3 is 5.11 Å². The summed E-state index contributed by atoms with van der Waals surface area (Å²) < 4.78 is 0. The summed E-state index contributed by atoms with van der Waals surface area (Å²) in [6.07, 6.45) is 10.6. The highest BCUT2D eigenvalue weighted by molar-refractivity contribution is 5.06. The highest BCUT2D eigenvalue weighted by atomic mass is 16.2. The zero-order chi connectivity index (χ0) is 8.10. The van der Waals surface area contributed by atoms with Gasteiger partial charge in [-0.2, -0.15) is 0 Å². The lowest BCUT2D eigenvalue weighted by atomic mass is 10.1. The Morgan fingerprint density at radius 3 is 1.91 bits per heavy atom. The van der Waals surface area contributed by atoms with Gasteiger partial charge in [-0.15, -0.1) is 6.58 Å². The summed E-state index contributed by atoms with van der Waals surface area (Å²) in [5, 5.41) is 7.76. The van der Waals surface area contributed by atoms with Crippen LogP contribution in [-0.4, -0.2) is 11.7 Å². The van der Waals surface area contributed by atoms with Crippen molar-refractivity contribution in [3.8, 4) is 0 Å². The van der Waals surface area contributed by atoms with Crippen LogP contribution in [0.3, 0.4) is 0 Å². The summed E-state index contributed by atoms with van der Waals surface area (Å²) in [7, 11) is 0. The smallest absolute Gasteiger partial charge is 0.0609 e. The van der Waals surface area contributed by atoms with E-state index < -0.39 is 0 Å². The number of rotatable bonds is 1. The van der Waals surface area contributed by atoms with Crippen molar-refractivity contribution < 1.29 is 5.11 Å². The van der Waals surface area contributed by atoms with Gasteiger partial charge in [0.2, 0.25) is 0 Å². The van der Waals surface area contributed by atoms with E-state index in [1.165, 1.54) is 25.3 Å². The molecule has 0 amide bonds. The molecule has 2 unspecified atom stereocenters. The Kier molecular flexibility index (Phi) is 3.37. The maximum absolute atomic E-state index is 7.76. The minimum absolute atomic E-state index is 0.0833. The van der Waals surface area contributed by atoms with Crippen molar-refractivity contribution in [3.63, 3.8) is 0 Å². The molecule has 2 atom stereocenters. The second kappa shape index (κ2) is 4.35. The van der Waals surface area contributed by atoms with Gasteiger partial charge >= 0.3 is 0 Å². The van der Waals surface area contributed by atoms with Crippen molar-refractivity contribution in [2.24, 2.45) is 11.8 Å². The van der Waals surface area contributed by atoms with E-state index in [-0.39, 0.29) is 6.61 Å². The van der Waals surface area contributed by atoms with E-state index in [4.69, 9.17) is 5.11 Å². The third-order valence-corrected chi connectivity index (χ3v) is 2.30. The van der Waals surface area contributed by atoms with Crippen molar-refractivity contribution in [2.45, 2.75) is 19.3 Å². The molecule has 1 fully saturated rings. The highest BCUT2D eigenvalue weighted by Crippen LogP contribution is 2.38. The average Bonchev–Trinajstić information content (AvgIpc) is 2.67. The topological polar surface area (TPSA) is 20.2 Å². The Bertz CT molecular complexity index is 137. The number of allylic oxidation sites excluding steroid dienone is 2. The minimum Gasteiger partial charge on any atom is -0.392 e. The van der Waals surface area contributed by atoms with Crippen LogP contribution in [0.15, 0.2) is 24.8 Å². The molecule has 0 heterocycles. The molecule has 0 radical (unpaired) electrons. The molecule has 11 heavy (non-hydrogen) atoms. The fourth-order valence-corrected chi connectivity index (χ4v) is 1.72. The number of aliphatic hydroxyl groups is 1. The average molecular weight is 152 g/mol. The van der Waals surface area contributed by atoms with Crippen LogP contribution < -0.4 is 0 Å². The van der Waals surface area contributed by atoms with Crippen LogP contribution >= 0.6 is 0 Å². The van der Waals surface area contributed by atoms with Gasteiger partial charge in [0.15, 0.2) is 0 Å². The second-order valence-electron chi connectivity index (χ2n) is 3.19. The van der Waals surface area contributed by atoms with E-state index in [9.17, 15) is 0 Å². The number of hydrogen-bond donors (Lipinski definition) is 1. The Morgan fingerprint density at radius 2 is 1.82 bits per heavy atom. The van der Waals surface area contributed by atoms with Gasteiger partial charge in [-0.05, 0) is 31.1 Å². The first kappa shape index (κ1) is 8.54. The Morgan fingerprint density at radius 1 is 1.36 bits per heavy atom. The van der Waals surface area contributed by atoms with E-state index >= 15 is 0 Å². The largest absolute Gasteiger partial charge is 0.392 e. The summed E-state index contributed by atoms with van der Waals surface area (Å²) in [5.41, 5.74) is 0. The van der Waals surface area contributed by atoms with Gasteiger partial charge in [-0.25, -0.2) is 0 Å². The predicted molar refractivity (Wildman–Crippen MR) is 47.3 cm³/mol. The third-order valence-electron chi connectivity index (χ3n) is 2.30. The van der Waals surface area contributed by atoms with Gasteiger partial charge in [0.25, 0.3) is 0 Å². The molecule has 1 nitrogen and oxygen atoms in total. The van der Waals surface area contributed by atoms with Crippen LogP contribution in [0.2, 0.25) is 0 Å². The van der Waals surface area contributed by atoms with Gasteiger partial charge in [-0.1, -0.05) is 18.2 Å². The monoisotopic (exact) mass is 152 g/mol. The lowest BCUT2D eigenvalue weighted by Crippen LogP contribution is -1.82. The Balaban J connectivity index is 0.000000134. The molecule has 62 valence electrons. The molecule has 1 N–H and O–H groups in total. The van der Waals surface area contributed by atoms with Crippen LogP contribution in [0.4, 0.5) is 0 Å². The maximum Gasteiger partial charge on any atom is 0.0609 e. The molecular formula is C10H16O. The molecule has 0 aromatic rings. The van der Waals surface area contributed by atoms with E-state index in [1.807, 2.05) is 0 Å². The van der Waals surface area contributed by atoms with Gasteiger partial charge in [-0.3, -0.25) is 0 Å². The molecule has 2 aliphatic carbocycles. The lowest BCUT2D eigenvalue weighted by Gasteiger charge is -1.96. The molecule has 1 saturated carbocycles. The van der Waals surface area contributed by atoms with Crippen molar-refractivity contribution in [3.05, 3.63) is 24.8 Å². The molecule has 0 spiro atoms. The van der Waals surface area contributed by atoms with Crippen molar-refractivity contribution >= 4 is 0 Å². The SMILES string of the molecule is C1=CC2CCC1C2.C=CCO. The van der Waals surface area contributed by atoms with E-state index in [0.29, 0.717) is 0 Å². The van der Waals surface area contributed by atoms with Gasteiger partial charge in [0.05, 0.1) is 6.61 Å². The zero-order valence-electron chi connectivity index (χ0n) is 6.87. The van der Waals surface area contributed by atoms with Crippen LogP contribution in [-0.2, 0) is 0 Å². The van der Waals surface area contributed by atoms with Crippen molar-refractivity contribution in [2.75, 3.05) is 6.61 Å². The van der Waals surface area contributed by atoms with E-state index in [1.54, 1.807) is 0 Å². The molecular weight excluding hydrogens is 136 g/mol. The molecule has 0 aromatic heterocycles. The zero-order valence-corrected chi connectivity index (χ0v) is 6.87. The number of aliphatic hydroxyl groups excluding tert-OH is 1. The van der Waals surface area contributed by atoms with Gasteiger partial charge in [0.1, 0.15) is 0 Å². The standard InChI is InChI=1S/C7H10.C3H6O/c1-2-7-4-3-6(1)5-7;1-2-3-4/h1-2,6-7H,3-5H2;2,4H,1,3H2. The molecule has 2 bridgehead atoms. The summed E-state index contributed by atoms with van der Waals surface area (Å²) in [6, 6.07) is 0. The fourth-order valence-electron chi connectivity index (χ4n) is 1.72. The summed E-state index contributed by atoms with van der Waals surface area (Å²) in [5.74, 6) is 1.98. The Labute approximate surface area is 68.4 Å². The maximum atomic E-state index is 7.76. The van der Waals surface area contributed by atoms with Crippen LogP contribution in [0.25, 0.3) is 0 Å². The molecule has 2 aliphatic rings. The summed E-state index contributed by atoms with van der Waals surface area (Å²) in [6.45, 7) is 3.31. The number of fused-ring (bicyclic) bond motifs is 2. The van der Waals surface area contributed by atoms with Crippen LogP contribution in [0, 0.1) is 11.8 Å². The molecule has 2 rings (SSSR count). The minimum atomic E-state index is 0.0833. The quantitative estimate of drug-likeness (QED) is 0.571. The van der Waals surface area contributed by atoms with Crippen molar-refractivity contribution in [1.82, 2.24) is 0 Å². The summed E-state index contributed by atoms with van der Waals surface area (Å²) in [4.78, 5) is 0. The van der Waals surface area contributed by atoms with Crippen molar-refractivity contribution in [1.29, 1.82) is 0 Å². The highest BCUT2D eigenvalue weighted by Gasteiger charge is 2.25. The predicted octanol–water partition coefficient (Wildman–Crippen LogP) is 2.14. The number of hydrogen-bond acceptors (Lipinski definition) is 1. The van der Waals surface area contributed by atoms with E-state index in [0.717, 1.165) is 11.8 Å². The third kappa shape index (κ3) is 2.51. The molecule has 1 heteroatoms. The molecule has 0 aromatic carbocycles. The first-order valence-electron chi connectivity index (χ1n) is 4.27. The van der Waals surface area contributed by atoms with Crippen LogP contribution in [0.1, 0.15) is 19.3 Å². The fraction of sp³-hybridized carbons (Fsp3) is 0.600. The Hall–Kier alpha value is -0.560. The van der Waals surface area contributed by atoms with Crippen LogP contribution in [0.5, 0.6) is 0 Å². The first-order chi connectivity index (χ1) is 5.36. The summed E-state index contributed by atoms with van der Waals surface area (Å²) >= 11 is 0. The first-order valence-corrected chi connectivity index (χ1v) is 4.27. The normalized spacial score (nSPS) is 31.4. The molecule has 0 aliphatic heterocycles. The lowest BCUT2D eigenvalue weighted by molar-refractivity contribution is 0.343. The second-order valence-corrected chi connectivity index (χ2v) is 3.19. The van der Waals surface area contributed by atoms with Gasteiger partial charge in [0, 0.05) is 0 Å². The van der Waals surface area contributed by atoms with E-state index in [2.05, 4.69) is 18.7 Å².